The average molecular weight is 340 g/mol. The smallest absolute Gasteiger partial charge is 0.185 e. The lowest BCUT2D eigenvalue weighted by Gasteiger charge is -2.35. The molecule has 2 N–H and O–H groups in total. The van der Waals surface area contributed by atoms with E-state index in [1.807, 2.05) is 17.6 Å². The van der Waals surface area contributed by atoms with Crippen LogP contribution in [-0.4, -0.2) is 36.1 Å². The number of nitrogens with two attached hydrogens (primary N) is 1. The number of hydrogen-bond donors (Lipinski definition) is 1. The molecule has 1 fully saturated rings. The average Bonchev–Trinajstić information content (AvgIpc) is 2.93. The third-order valence-corrected chi connectivity index (χ3v) is 4.40. The Kier molecular flexibility index (Phi) is 3.56. The minimum atomic E-state index is 0.720. The van der Waals surface area contributed by atoms with Crippen molar-refractivity contribution in [1.29, 1.82) is 0 Å². The first-order chi connectivity index (χ1) is 9.24. The Bertz CT molecular complexity index is 551. The van der Waals surface area contributed by atoms with E-state index in [2.05, 4.69) is 35.7 Å². The van der Waals surface area contributed by atoms with Gasteiger partial charge in [0.15, 0.2) is 10.9 Å². The van der Waals surface area contributed by atoms with Crippen molar-refractivity contribution < 1.29 is 0 Å². The molecule has 0 aliphatic carbocycles. The van der Waals surface area contributed by atoms with Gasteiger partial charge >= 0.3 is 0 Å². The second kappa shape index (κ2) is 5.34. The summed E-state index contributed by atoms with van der Waals surface area (Å²) in [5.74, 6) is 0.877. The minimum absolute atomic E-state index is 0.720. The topological polar surface area (TPSA) is 58.3 Å². The summed E-state index contributed by atoms with van der Waals surface area (Å²) in [6.07, 6.45) is 3.64. The van der Waals surface area contributed by atoms with Crippen molar-refractivity contribution in [2.45, 2.75) is 0 Å². The van der Waals surface area contributed by atoms with Crippen LogP contribution >= 0.6 is 27.3 Å². The molecule has 0 spiro atoms. The van der Waals surface area contributed by atoms with E-state index in [4.69, 9.17) is 5.73 Å². The Morgan fingerprint density at radius 3 is 2.53 bits per heavy atom. The Hall–Kier alpha value is -1.34. The molecule has 100 valence electrons. The van der Waals surface area contributed by atoms with E-state index in [-0.39, 0.29) is 0 Å². The Morgan fingerprint density at radius 2 is 1.89 bits per heavy atom. The van der Waals surface area contributed by atoms with Gasteiger partial charge in [0, 0.05) is 48.4 Å². The number of thiazole rings is 1. The van der Waals surface area contributed by atoms with Gasteiger partial charge < -0.3 is 15.5 Å². The molecule has 0 saturated carbocycles. The van der Waals surface area contributed by atoms with Crippen molar-refractivity contribution >= 4 is 43.9 Å². The van der Waals surface area contributed by atoms with Crippen LogP contribution in [0.2, 0.25) is 0 Å². The monoisotopic (exact) mass is 339 g/mol. The lowest BCUT2D eigenvalue weighted by Crippen LogP contribution is -2.47. The fraction of sp³-hybridized carbons (Fsp3) is 0.333. The van der Waals surface area contributed by atoms with E-state index in [1.54, 1.807) is 17.5 Å². The summed E-state index contributed by atoms with van der Waals surface area (Å²) in [5, 5.41) is 3.10. The SMILES string of the molecule is Nc1cc(Br)cnc1N1CCN(c2nccs2)CC1. The van der Waals surface area contributed by atoms with Crippen LogP contribution in [0.25, 0.3) is 0 Å². The summed E-state index contributed by atoms with van der Waals surface area (Å²) in [6.45, 7) is 3.73. The first-order valence-electron chi connectivity index (χ1n) is 6.04. The lowest BCUT2D eigenvalue weighted by atomic mass is 10.3. The van der Waals surface area contributed by atoms with E-state index in [0.717, 1.165) is 47.3 Å². The zero-order chi connectivity index (χ0) is 13.2. The number of hydrogen-bond acceptors (Lipinski definition) is 6. The molecule has 1 saturated heterocycles. The van der Waals surface area contributed by atoms with Crippen LogP contribution in [0.3, 0.4) is 0 Å². The van der Waals surface area contributed by atoms with Crippen molar-refractivity contribution in [2.75, 3.05) is 41.7 Å². The number of anilines is 3. The molecule has 7 heteroatoms. The van der Waals surface area contributed by atoms with E-state index in [0.29, 0.717) is 0 Å². The molecule has 1 aliphatic rings. The Balaban J connectivity index is 1.70. The Morgan fingerprint density at radius 1 is 1.16 bits per heavy atom. The second-order valence-electron chi connectivity index (χ2n) is 4.36. The highest BCUT2D eigenvalue weighted by Crippen LogP contribution is 2.26. The van der Waals surface area contributed by atoms with Gasteiger partial charge in [0.05, 0.1) is 5.69 Å². The number of halogens is 1. The molecule has 3 rings (SSSR count). The van der Waals surface area contributed by atoms with Gasteiger partial charge in [-0.15, -0.1) is 11.3 Å². The van der Waals surface area contributed by atoms with Crippen molar-refractivity contribution in [2.24, 2.45) is 0 Å². The predicted octanol–water partition coefficient (Wildman–Crippen LogP) is 2.21. The quantitative estimate of drug-likeness (QED) is 0.908. The molecule has 0 unspecified atom stereocenters. The molecule has 5 nitrogen and oxygen atoms in total. The minimum Gasteiger partial charge on any atom is -0.396 e. The molecule has 2 aromatic rings. The van der Waals surface area contributed by atoms with Gasteiger partial charge in [-0.3, -0.25) is 0 Å². The maximum atomic E-state index is 6.02. The summed E-state index contributed by atoms with van der Waals surface area (Å²) in [5.41, 5.74) is 6.74. The first kappa shape index (κ1) is 12.7. The van der Waals surface area contributed by atoms with Gasteiger partial charge in [-0.1, -0.05) is 0 Å². The molecule has 0 radical (unpaired) electrons. The largest absolute Gasteiger partial charge is 0.396 e. The predicted molar refractivity (Wildman–Crippen MR) is 82.9 cm³/mol. The summed E-state index contributed by atoms with van der Waals surface area (Å²) < 4.78 is 0.912. The summed E-state index contributed by atoms with van der Waals surface area (Å²) in [6, 6.07) is 1.90. The van der Waals surface area contributed by atoms with Crippen molar-refractivity contribution in [1.82, 2.24) is 9.97 Å². The Labute approximate surface area is 124 Å². The molecule has 0 aromatic carbocycles. The number of nitrogens with zero attached hydrogens (tertiary/aromatic N) is 4. The van der Waals surface area contributed by atoms with Gasteiger partial charge in [0.2, 0.25) is 0 Å². The fourth-order valence-electron chi connectivity index (χ4n) is 2.19. The fourth-order valence-corrected chi connectivity index (χ4v) is 3.24. The summed E-state index contributed by atoms with van der Waals surface area (Å²) in [4.78, 5) is 13.3. The third-order valence-electron chi connectivity index (χ3n) is 3.13. The van der Waals surface area contributed by atoms with Gasteiger partial charge in [0.1, 0.15) is 0 Å². The van der Waals surface area contributed by atoms with Crippen molar-refractivity contribution in [3.8, 4) is 0 Å². The molecular formula is C12H14BrN5S. The van der Waals surface area contributed by atoms with E-state index >= 15 is 0 Å². The van der Waals surface area contributed by atoms with Crippen LogP contribution in [0.4, 0.5) is 16.6 Å². The summed E-state index contributed by atoms with van der Waals surface area (Å²) in [7, 11) is 0. The van der Waals surface area contributed by atoms with Crippen LogP contribution < -0.4 is 15.5 Å². The zero-order valence-electron chi connectivity index (χ0n) is 10.3. The molecule has 0 amide bonds. The molecule has 0 bridgehead atoms. The lowest BCUT2D eigenvalue weighted by molar-refractivity contribution is 0.647. The molecule has 3 heterocycles. The van der Waals surface area contributed by atoms with Crippen LogP contribution in [0.15, 0.2) is 28.3 Å². The van der Waals surface area contributed by atoms with Gasteiger partial charge in [0.25, 0.3) is 0 Å². The number of aromatic nitrogens is 2. The highest BCUT2D eigenvalue weighted by molar-refractivity contribution is 9.10. The normalized spacial score (nSPS) is 15.8. The van der Waals surface area contributed by atoms with Gasteiger partial charge in [-0.25, -0.2) is 9.97 Å². The second-order valence-corrected chi connectivity index (χ2v) is 6.14. The number of pyridine rings is 1. The maximum Gasteiger partial charge on any atom is 0.185 e. The molecule has 19 heavy (non-hydrogen) atoms. The maximum absolute atomic E-state index is 6.02. The first-order valence-corrected chi connectivity index (χ1v) is 7.72. The molecular weight excluding hydrogens is 326 g/mol. The van der Waals surface area contributed by atoms with E-state index in [9.17, 15) is 0 Å². The van der Waals surface area contributed by atoms with Crippen LogP contribution in [0.5, 0.6) is 0 Å². The van der Waals surface area contributed by atoms with E-state index < -0.39 is 0 Å². The number of piperazine rings is 1. The zero-order valence-corrected chi connectivity index (χ0v) is 12.7. The number of rotatable bonds is 2. The standard InChI is InChI=1S/C12H14BrN5S/c13-9-7-10(14)11(16-8-9)17-2-4-18(5-3-17)12-15-1-6-19-12/h1,6-8H,2-5,14H2. The third kappa shape index (κ3) is 2.66. The highest BCUT2D eigenvalue weighted by atomic mass is 79.9. The van der Waals surface area contributed by atoms with E-state index in [1.165, 1.54) is 0 Å². The molecule has 2 aromatic heterocycles. The highest BCUT2D eigenvalue weighted by Gasteiger charge is 2.20. The van der Waals surface area contributed by atoms with Crippen LogP contribution in [0.1, 0.15) is 0 Å². The van der Waals surface area contributed by atoms with Crippen LogP contribution in [0, 0.1) is 0 Å². The van der Waals surface area contributed by atoms with Gasteiger partial charge in [-0.2, -0.15) is 0 Å². The molecule has 1 aliphatic heterocycles. The van der Waals surface area contributed by atoms with Gasteiger partial charge in [-0.05, 0) is 22.0 Å². The van der Waals surface area contributed by atoms with Crippen LogP contribution in [-0.2, 0) is 0 Å². The van der Waals surface area contributed by atoms with Crippen molar-refractivity contribution in [3.63, 3.8) is 0 Å². The van der Waals surface area contributed by atoms with Crippen molar-refractivity contribution in [3.05, 3.63) is 28.3 Å². The summed E-state index contributed by atoms with van der Waals surface area (Å²) >= 11 is 5.06. The molecule has 0 atom stereocenters. The number of nitrogen functional groups attached to an aromatic ring is 1.